The van der Waals surface area contributed by atoms with E-state index in [-0.39, 0.29) is 17.2 Å². The van der Waals surface area contributed by atoms with Gasteiger partial charge >= 0.3 is 5.97 Å². The molecule has 2 rings (SSSR count). The van der Waals surface area contributed by atoms with Crippen LogP contribution in [0.5, 0.6) is 0 Å². The molecule has 2 aromatic rings. The van der Waals surface area contributed by atoms with E-state index in [9.17, 15) is 18.0 Å². The third-order valence-corrected chi connectivity index (χ3v) is 8.12. The monoisotopic (exact) mass is 499 g/mol. The molecule has 0 bridgehead atoms. The van der Waals surface area contributed by atoms with Crippen LogP contribution in [-0.4, -0.2) is 37.7 Å². The van der Waals surface area contributed by atoms with Crippen LogP contribution in [0.2, 0.25) is 0 Å². The van der Waals surface area contributed by atoms with Gasteiger partial charge in [0.1, 0.15) is 11.4 Å². The summed E-state index contributed by atoms with van der Waals surface area (Å²) >= 11 is 0. The average molecular weight is 500 g/mol. The van der Waals surface area contributed by atoms with Gasteiger partial charge in [0.25, 0.3) is 5.91 Å². The maximum Gasteiger partial charge on any atom is 0.302 e. The van der Waals surface area contributed by atoms with E-state index in [4.69, 9.17) is 4.74 Å². The van der Waals surface area contributed by atoms with Crippen LogP contribution in [-0.2, 0) is 19.4 Å². The molecule has 190 valence electrons. The summed E-state index contributed by atoms with van der Waals surface area (Å²) in [5.41, 5.74) is 0.513. The number of hydrogen-bond acceptors (Lipinski definition) is 5. The smallest absolute Gasteiger partial charge is 0.302 e. The molecule has 0 radical (unpaired) electrons. The lowest BCUT2D eigenvalue weighted by Crippen LogP contribution is -2.44. The molecule has 0 saturated carbocycles. The highest BCUT2D eigenvalue weighted by Gasteiger charge is 2.38. The van der Waals surface area contributed by atoms with E-state index >= 15 is 0 Å². The van der Waals surface area contributed by atoms with E-state index < -0.39 is 33.2 Å². The number of unbranched alkanes of at least 4 members (excludes halogenated alkanes) is 2. The lowest BCUT2D eigenvalue weighted by molar-refractivity contribution is -0.146. The Kier molecular flexibility index (Phi) is 11.7. The minimum atomic E-state index is -3.86. The molecular weight excluding hydrogens is 462 g/mol. The van der Waals surface area contributed by atoms with Crippen LogP contribution in [0, 0.1) is 0 Å². The van der Waals surface area contributed by atoms with Gasteiger partial charge in [0.2, 0.25) is 0 Å². The molecule has 6 nitrogen and oxygen atoms in total. The van der Waals surface area contributed by atoms with Crippen molar-refractivity contribution in [3.05, 3.63) is 78.9 Å². The molecule has 0 saturated heterocycles. The molecule has 0 heterocycles. The predicted molar refractivity (Wildman–Crippen MR) is 139 cm³/mol. The van der Waals surface area contributed by atoms with Crippen LogP contribution < -0.4 is 5.32 Å². The first-order valence-electron chi connectivity index (χ1n) is 12.2. The van der Waals surface area contributed by atoms with Gasteiger partial charge in [-0.1, -0.05) is 62.2 Å². The maximum atomic E-state index is 13.8. The molecule has 2 aromatic carbocycles. The van der Waals surface area contributed by atoms with Crippen molar-refractivity contribution in [3.8, 4) is 0 Å². The van der Waals surface area contributed by atoms with Gasteiger partial charge in [-0.3, -0.25) is 9.59 Å². The third-order valence-electron chi connectivity index (χ3n) is 5.89. The SMILES string of the molecule is C=CCCCC(OC(C)=O)C(C[C@@H](CCCC)NC(=O)c1ccccc1)S(=O)(=O)c1ccccc1. The number of carbonyl (C=O) groups is 2. The quantitative estimate of drug-likeness (QED) is 0.199. The standard InChI is InChI=1S/C28H37NO5S/c1-4-6-10-20-26(34-22(3)30)27(35(32,33)25-18-13-9-14-19-25)21-24(17-7-5-2)29-28(31)23-15-11-8-12-16-23/h4,8-9,11-16,18-19,24,26-27H,1,5-7,10,17,20-21H2,2-3H3,(H,29,31)/t24-,26?,27?/m1/s1. The molecule has 0 aromatic heterocycles. The molecule has 0 spiro atoms. The van der Waals surface area contributed by atoms with Crippen molar-refractivity contribution in [3.63, 3.8) is 0 Å². The molecule has 1 N–H and O–H groups in total. The Bertz CT molecular complexity index is 1040. The topological polar surface area (TPSA) is 89.5 Å². The minimum absolute atomic E-state index is 0.141. The Morgan fingerprint density at radius 2 is 1.63 bits per heavy atom. The first-order chi connectivity index (χ1) is 16.8. The van der Waals surface area contributed by atoms with Gasteiger partial charge in [-0.25, -0.2) is 8.42 Å². The summed E-state index contributed by atoms with van der Waals surface area (Å²) in [4.78, 5) is 25.1. The minimum Gasteiger partial charge on any atom is -0.461 e. The summed E-state index contributed by atoms with van der Waals surface area (Å²) in [6.07, 6.45) is 5.11. The maximum absolute atomic E-state index is 13.8. The fourth-order valence-electron chi connectivity index (χ4n) is 4.10. The predicted octanol–water partition coefficient (Wildman–Crippen LogP) is 5.50. The number of rotatable bonds is 15. The van der Waals surface area contributed by atoms with E-state index in [1.165, 1.54) is 6.92 Å². The van der Waals surface area contributed by atoms with Crippen LogP contribution in [0.4, 0.5) is 0 Å². The van der Waals surface area contributed by atoms with Gasteiger partial charge in [-0.15, -0.1) is 6.58 Å². The number of esters is 1. The van der Waals surface area contributed by atoms with Crippen LogP contribution in [0.3, 0.4) is 0 Å². The van der Waals surface area contributed by atoms with Crippen LogP contribution in [0.25, 0.3) is 0 Å². The van der Waals surface area contributed by atoms with Crippen molar-refractivity contribution >= 4 is 21.7 Å². The molecule has 35 heavy (non-hydrogen) atoms. The van der Waals surface area contributed by atoms with E-state index in [1.807, 2.05) is 13.0 Å². The number of allylic oxidation sites excluding steroid dienone is 1. The number of ether oxygens (including phenoxy) is 1. The molecule has 3 atom stereocenters. The Morgan fingerprint density at radius 1 is 1.00 bits per heavy atom. The molecule has 0 aliphatic rings. The second-order valence-electron chi connectivity index (χ2n) is 8.68. The van der Waals surface area contributed by atoms with Gasteiger partial charge < -0.3 is 10.1 Å². The number of benzene rings is 2. The zero-order valence-electron chi connectivity index (χ0n) is 20.7. The van der Waals surface area contributed by atoms with Gasteiger partial charge in [0.15, 0.2) is 9.84 Å². The van der Waals surface area contributed by atoms with Crippen LogP contribution in [0.15, 0.2) is 78.2 Å². The lowest BCUT2D eigenvalue weighted by atomic mass is 9.98. The summed E-state index contributed by atoms with van der Waals surface area (Å²) in [6.45, 7) is 7.07. The normalized spacial score (nSPS) is 13.9. The van der Waals surface area contributed by atoms with E-state index in [2.05, 4.69) is 11.9 Å². The van der Waals surface area contributed by atoms with Gasteiger partial charge in [0, 0.05) is 18.5 Å². The second-order valence-corrected chi connectivity index (χ2v) is 10.8. The zero-order valence-corrected chi connectivity index (χ0v) is 21.5. The molecule has 0 aliphatic heterocycles. The fourth-order valence-corrected chi connectivity index (χ4v) is 6.06. The van der Waals surface area contributed by atoms with Crippen molar-refractivity contribution in [2.75, 3.05) is 0 Å². The van der Waals surface area contributed by atoms with Gasteiger partial charge in [-0.05, 0) is 56.4 Å². The molecule has 7 heteroatoms. The number of amides is 1. The van der Waals surface area contributed by atoms with Gasteiger partial charge in [0.05, 0.1) is 4.90 Å². The van der Waals surface area contributed by atoms with E-state index in [0.717, 1.165) is 12.8 Å². The van der Waals surface area contributed by atoms with E-state index in [1.54, 1.807) is 60.7 Å². The molecule has 0 fully saturated rings. The number of carbonyl (C=O) groups excluding carboxylic acids is 2. The summed E-state index contributed by atoms with van der Waals surface area (Å²) in [6, 6.07) is 16.7. The lowest BCUT2D eigenvalue weighted by Gasteiger charge is -2.30. The number of sulfone groups is 1. The fraction of sp³-hybridized carbons (Fsp3) is 0.429. The van der Waals surface area contributed by atoms with Gasteiger partial charge in [-0.2, -0.15) is 0 Å². The molecule has 1 amide bonds. The Balaban J connectivity index is 2.42. The Labute approximate surface area is 209 Å². The molecule has 0 aliphatic carbocycles. The Hall–Kier alpha value is -2.93. The van der Waals surface area contributed by atoms with Crippen molar-refractivity contribution in [1.82, 2.24) is 5.32 Å². The van der Waals surface area contributed by atoms with Crippen LogP contribution in [0.1, 0.15) is 69.2 Å². The summed E-state index contributed by atoms with van der Waals surface area (Å²) in [7, 11) is -3.86. The average Bonchev–Trinajstić information content (AvgIpc) is 2.85. The number of hydrogen-bond donors (Lipinski definition) is 1. The Morgan fingerprint density at radius 3 is 2.20 bits per heavy atom. The molecule has 2 unspecified atom stereocenters. The highest BCUT2D eigenvalue weighted by Crippen LogP contribution is 2.28. The van der Waals surface area contributed by atoms with Crippen LogP contribution >= 0.6 is 0 Å². The second kappa shape index (κ2) is 14.5. The highest BCUT2D eigenvalue weighted by atomic mass is 32.2. The van der Waals surface area contributed by atoms with E-state index in [0.29, 0.717) is 31.2 Å². The molecular formula is C28H37NO5S. The summed E-state index contributed by atoms with van der Waals surface area (Å²) in [5, 5.41) is 2.03. The summed E-state index contributed by atoms with van der Waals surface area (Å²) in [5.74, 6) is -0.779. The van der Waals surface area contributed by atoms with Crippen molar-refractivity contribution < 1.29 is 22.7 Å². The first kappa shape index (κ1) is 28.3. The number of nitrogens with one attached hydrogen (secondary N) is 1. The largest absolute Gasteiger partial charge is 0.461 e. The summed E-state index contributed by atoms with van der Waals surface area (Å²) < 4.78 is 33.3. The zero-order chi connectivity index (χ0) is 25.7. The van der Waals surface area contributed by atoms with Crippen molar-refractivity contribution in [2.45, 2.75) is 81.1 Å². The third kappa shape index (κ3) is 8.98. The first-order valence-corrected chi connectivity index (χ1v) is 13.8. The van der Waals surface area contributed by atoms with Crippen molar-refractivity contribution in [1.29, 1.82) is 0 Å². The highest BCUT2D eigenvalue weighted by molar-refractivity contribution is 7.92. The van der Waals surface area contributed by atoms with Crippen molar-refractivity contribution in [2.24, 2.45) is 0 Å².